The summed E-state index contributed by atoms with van der Waals surface area (Å²) in [5, 5.41) is 0. The second-order valence-electron chi connectivity index (χ2n) is 7.07. The number of carbonyl (C=O) groups excluding carboxylic acids is 1. The van der Waals surface area contributed by atoms with Gasteiger partial charge < -0.3 is 19.4 Å². The lowest BCUT2D eigenvalue weighted by molar-refractivity contribution is 0.0787. The van der Waals surface area contributed by atoms with E-state index in [1.165, 1.54) is 5.69 Å². The van der Waals surface area contributed by atoms with Crippen LogP contribution >= 0.6 is 0 Å². The van der Waals surface area contributed by atoms with Crippen LogP contribution in [0.2, 0.25) is 0 Å². The van der Waals surface area contributed by atoms with Gasteiger partial charge in [0.2, 0.25) is 0 Å². The summed E-state index contributed by atoms with van der Waals surface area (Å²) in [5.41, 5.74) is 2.86. The van der Waals surface area contributed by atoms with Crippen molar-refractivity contribution in [2.75, 3.05) is 56.2 Å². The third-order valence-electron chi connectivity index (χ3n) is 5.44. The lowest BCUT2D eigenvalue weighted by Gasteiger charge is -2.37. The zero-order valence-electron chi connectivity index (χ0n) is 15.8. The molecule has 1 aromatic heterocycles. The average Bonchev–Trinajstić information content (AvgIpc) is 3.28. The average molecular weight is 366 g/mol. The Morgan fingerprint density at radius 2 is 1.44 bits per heavy atom. The molecule has 2 fully saturated rings. The Bertz CT molecular complexity index is 762. The van der Waals surface area contributed by atoms with Gasteiger partial charge in [0.1, 0.15) is 11.4 Å². The maximum atomic E-state index is 12.4. The Morgan fingerprint density at radius 1 is 0.852 bits per heavy atom. The van der Waals surface area contributed by atoms with Crippen LogP contribution in [0.3, 0.4) is 0 Å². The summed E-state index contributed by atoms with van der Waals surface area (Å²) < 4.78 is 5.23. The molecule has 3 heterocycles. The van der Waals surface area contributed by atoms with Crippen LogP contribution in [-0.2, 0) is 0 Å². The van der Waals surface area contributed by atoms with Crippen LogP contribution in [0.5, 0.6) is 5.75 Å². The van der Waals surface area contributed by atoms with Gasteiger partial charge in [0.05, 0.1) is 19.0 Å². The quantitative estimate of drug-likeness (QED) is 0.833. The normalized spacial score (nSPS) is 17.3. The van der Waals surface area contributed by atoms with E-state index < -0.39 is 0 Å². The summed E-state index contributed by atoms with van der Waals surface area (Å²) in [5.74, 6) is 0.940. The molecule has 2 aromatic rings. The van der Waals surface area contributed by atoms with Crippen LogP contribution in [0.1, 0.15) is 23.3 Å². The molecule has 0 radical (unpaired) electrons. The minimum atomic E-state index is 0.0587. The molecule has 6 heteroatoms. The first-order chi connectivity index (χ1) is 13.2. The lowest BCUT2D eigenvalue weighted by Crippen LogP contribution is -2.46. The smallest absolute Gasteiger partial charge is 0.272 e. The molecule has 0 aliphatic carbocycles. The van der Waals surface area contributed by atoms with Gasteiger partial charge in [-0.2, -0.15) is 0 Å². The summed E-state index contributed by atoms with van der Waals surface area (Å²) in [7, 11) is 1.69. The molecule has 0 atom stereocenters. The van der Waals surface area contributed by atoms with Crippen molar-refractivity contribution in [3.63, 3.8) is 0 Å². The maximum absolute atomic E-state index is 12.4. The number of methoxy groups -OCH3 is 1. The number of aromatic nitrogens is 1. The van der Waals surface area contributed by atoms with E-state index in [2.05, 4.69) is 26.9 Å². The van der Waals surface area contributed by atoms with Gasteiger partial charge in [-0.25, -0.2) is 4.98 Å². The van der Waals surface area contributed by atoms with Gasteiger partial charge in [0, 0.05) is 45.0 Å². The van der Waals surface area contributed by atoms with Gasteiger partial charge in [-0.15, -0.1) is 0 Å². The van der Waals surface area contributed by atoms with E-state index in [4.69, 9.17) is 4.74 Å². The van der Waals surface area contributed by atoms with Crippen molar-refractivity contribution in [3.05, 3.63) is 48.3 Å². The van der Waals surface area contributed by atoms with Crippen molar-refractivity contribution in [1.82, 2.24) is 9.88 Å². The second kappa shape index (κ2) is 7.86. The van der Waals surface area contributed by atoms with Crippen LogP contribution < -0.4 is 14.5 Å². The number of likely N-dealkylation sites (tertiary alicyclic amines) is 1. The summed E-state index contributed by atoms with van der Waals surface area (Å²) in [6.07, 6.45) is 4.04. The number of anilines is 2. The van der Waals surface area contributed by atoms with E-state index in [1.54, 1.807) is 7.11 Å². The van der Waals surface area contributed by atoms with Gasteiger partial charge in [0.15, 0.2) is 0 Å². The number of piperazine rings is 1. The molecule has 0 unspecified atom stereocenters. The molecule has 0 saturated carbocycles. The summed E-state index contributed by atoms with van der Waals surface area (Å²) in [4.78, 5) is 23.5. The van der Waals surface area contributed by atoms with E-state index in [0.717, 1.165) is 63.5 Å². The van der Waals surface area contributed by atoms with E-state index in [1.807, 2.05) is 35.4 Å². The maximum Gasteiger partial charge on any atom is 0.272 e. The Balaban J connectivity index is 1.35. The molecule has 1 amide bonds. The van der Waals surface area contributed by atoms with Crippen LogP contribution in [0, 0.1) is 0 Å². The molecule has 1 aromatic carbocycles. The largest absolute Gasteiger partial charge is 0.497 e. The molecular weight excluding hydrogens is 340 g/mol. The van der Waals surface area contributed by atoms with Gasteiger partial charge in [-0.05, 0) is 49.2 Å². The first kappa shape index (κ1) is 17.6. The second-order valence-corrected chi connectivity index (χ2v) is 7.07. The third-order valence-corrected chi connectivity index (χ3v) is 5.44. The van der Waals surface area contributed by atoms with Gasteiger partial charge in [0.25, 0.3) is 5.91 Å². The first-order valence-corrected chi connectivity index (χ1v) is 9.64. The SMILES string of the molecule is COc1ccc(N2CCN(c3ccc(C(=O)N4CCCC4)nc3)CC2)cc1. The number of carbonyl (C=O) groups is 1. The Hall–Kier alpha value is -2.76. The molecule has 2 aliphatic rings. The molecule has 2 saturated heterocycles. The number of hydrogen-bond acceptors (Lipinski definition) is 5. The highest BCUT2D eigenvalue weighted by Gasteiger charge is 2.22. The first-order valence-electron chi connectivity index (χ1n) is 9.64. The van der Waals surface area contributed by atoms with E-state index in [0.29, 0.717) is 5.69 Å². The molecule has 6 nitrogen and oxygen atoms in total. The Labute approximate surface area is 160 Å². The lowest BCUT2D eigenvalue weighted by atomic mass is 10.2. The van der Waals surface area contributed by atoms with Crippen molar-refractivity contribution >= 4 is 17.3 Å². The minimum Gasteiger partial charge on any atom is -0.497 e. The van der Waals surface area contributed by atoms with E-state index in [9.17, 15) is 4.79 Å². The van der Waals surface area contributed by atoms with E-state index >= 15 is 0 Å². The highest BCUT2D eigenvalue weighted by Crippen LogP contribution is 2.23. The van der Waals surface area contributed by atoms with Gasteiger partial charge in [-0.1, -0.05) is 0 Å². The summed E-state index contributed by atoms with van der Waals surface area (Å²) >= 11 is 0. The number of ether oxygens (including phenoxy) is 1. The summed E-state index contributed by atoms with van der Waals surface area (Å²) in [6, 6.07) is 12.1. The summed E-state index contributed by atoms with van der Waals surface area (Å²) in [6.45, 7) is 5.51. The van der Waals surface area contributed by atoms with Crippen LogP contribution in [-0.4, -0.2) is 62.2 Å². The molecule has 27 heavy (non-hydrogen) atoms. The number of nitrogens with zero attached hydrogens (tertiary/aromatic N) is 4. The van der Waals surface area contributed by atoms with Crippen molar-refractivity contribution in [3.8, 4) is 5.75 Å². The predicted molar refractivity (Wildman–Crippen MR) is 107 cm³/mol. The molecule has 0 spiro atoms. The third kappa shape index (κ3) is 3.84. The Kier molecular flexibility index (Phi) is 5.14. The minimum absolute atomic E-state index is 0.0587. The van der Waals surface area contributed by atoms with Gasteiger partial charge in [-0.3, -0.25) is 4.79 Å². The number of benzene rings is 1. The molecule has 4 rings (SSSR count). The molecule has 0 bridgehead atoms. The number of amides is 1. The fraction of sp³-hybridized carbons (Fsp3) is 0.429. The number of rotatable bonds is 4. The monoisotopic (exact) mass is 366 g/mol. The topological polar surface area (TPSA) is 48.9 Å². The van der Waals surface area contributed by atoms with Crippen molar-refractivity contribution in [2.45, 2.75) is 12.8 Å². The van der Waals surface area contributed by atoms with Gasteiger partial charge >= 0.3 is 0 Å². The van der Waals surface area contributed by atoms with E-state index in [-0.39, 0.29) is 5.91 Å². The fourth-order valence-corrected chi connectivity index (χ4v) is 3.80. The van der Waals surface area contributed by atoms with Crippen molar-refractivity contribution < 1.29 is 9.53 Å². The fourth-order valence-electron chi connectivity index (χ4n) is 3.80. The van der Waals surface area contributed by atoms with Crippen molar-refractivity contribution in [1.29, 1.82) is 0 Å². The molecular formula is C21H26N4O2. The molecule has 2 aliphatic heterocycles. The number of hydrogen-bond donors (Lipinski definition) is 0. The standard InChI is InChI=1S/C21H26N4O2/c1-27-19-7-4-17(5-8-19)23-12-14-24(15-13-23)18-6-9-20(22-16-18)21(26)25-10-2-3-11-25/h4-9,16H,2-3,10-15H2,1H3. The zero-order valence-corrected chi connectivity index (χ0v) is 15.8. The van der Waals surface area contributed by atoms with Crippen molar-refractivity contribution in [2.24, 2.45) is 0 Å². The number of pyridine rings is 1. The molecule has 0 N–H and O–H groups in total. The predicted octanol–water partition coefficient (Wildman–Crippen LogP) is 2.65. The van der Waals surface area contributed by atoms with Crippen LogP contribution in [0.15, 0.2) is 42.6 Å². The zero-order chi connectivity index (χ0) is 18.6. The van der Waals surface area contributed by atoms with Crippen LogP contribution in [0.4, 0.5) is 11.4 Å². The van der Waals surface area contributed by atoms with Crippen LogP contribution in [0.25, 0.3) is 0 Å². The highest BCUT2D eigenvalue weighted by atomic mass is 16.5. The molecule has 142 valence electrons. The Morgan fingerprint density at radius 3 is 2.00 bits per heavy atom. The highest BCUT2D eigenvalue weighted by molar-refractivity contribution is 5.92.